The lowest BCUT2D eigenvalue weighted by molar-refractivity contribution is 0.0992. The maximum atomic E-state index is 10.6. The van der Waals surface area contributed by atoms with Gasteiger partial charge in [-0.1, -0.05) is 63.1 Å². The van der Waals surface area contributed by atoms with Crippen molar-refractivity contribution in [2.24, 2.45) is 7.05 Å². The molecule has 33 heavy (non-hydrogen) atoms. The normalized spacial score (nSPS) is 12.2. The molecule has 0 fully saturated rings. The summed E-state index contributed by atoms with van der Waals surface area (Å²) >= 11 is 0. The van der Waals surface area contributed by atoms with Gasteiger partial charge >= 0.3 is 0 Å². The number of aliphatic hydroxyl groups is 1. The Hall–Kier alpha value is -2.83. The largest absolute Gasteiger partial charge is 0.497 e. The number of nitrogens with zero attached hydrogens (tertiary/aromatic N) is 3. The van der Waals surface area contributed by atoms with Crippen LogP contribution in [0, 0.1) is 0 Å². The van der Waals surface area contributed by atoms with Crippen LogP contribution in [0.1, 0.15) is 45.1 Å². The number of ether oxygens (including phenoxy) is 2. The zero-order chi connectivity index (χ0) is 23.6. The van der Waals surface area contributed by atoms with Gasteiger partial charge in [0.25, 0.3) is 0 Å². The topological polar surface area (TPSA) is 59.8 Å². The zero-order valence-electron chi connectivity index (χ0n) is 20.3. The van der Waals surface area contributed by atoms with Gasteiger partial charge in [0.1, 0.15) is 17.2 Å². The van der Waals surface area contributed by atoms with Gasteiger partial charge in [-0.05, 0) is 31.5 Å². The molecule has 0 unspecified atom stereocenters. The lowest BCUT2D eigenvalue weighted by Gasteiger charge is -2.25. The number of unbranched alkanes of at least 4 members (excludes halogenated alkanes) is 1. The first-order chi connectivity index (χ1) is 16.0. The van der Waals surface area contributed by atoms with Crippen molar-refractivity contribution in [1.29, 1.82) is 0 Å². The molecule has 3 rings (SSSR count). The van der Waals surface area contributed by atoms with Gasteiger partial charge in [0.05, 0.1) is 18.8 Å². The maximum absolute atomic E-state index is 10.6. The summed E-state index contributed by atoms with van der Waals surface area (Å²) in [5.41, 5.74) is 2.97. The molecule has 0 bridgehead atoms. The Morgan fingerprint density at radius 2 is 1.79 bits per heavy atom. The average Bonchev–Trinajstić information content (AvgIpc) is 3.13. The van der Waals surface area contributed by atoms with Gasteiger partial charge in [0.15, 0.2) is 0 Å². The Morgan fingerprint density at radius 3 is 2.48 bits per heavy atom. The van der Waals surface area contributed by atoms with E-state index < -0.39 is 0 Å². The van der Waals surface area contributed by atoms with Crippen LogP contribution in [0.15, 0.2) is 54.6 Å². The molecule has 0 aliphatic heterocycles. The second kappa shape index (κ2) is 12.4. The monoisotopic (exact) mass is 451 g/mol. The molecule has 178 valence electrons. The van der Waals surface area contributed by atoms with Gasteiger partial charge in [-0.15, -0.1) is 0 Å². The van der Waals surface area contributed by atoms with Crippen LogP contribution in [-0.2, 0) is 13.6 Å². The Kier molecular flexibility index (Phi) is 9.34. The summed E-state index contributed by atoms with van der Waals surface area (Å²) in [6.07, 6.45) is 3.62. The molecule has 2 aromatic carbocycles. The van der Waals surface area contributed by atoms with Crippen LogP contribution in [-0.4, -0.2) is 46.1 Å². The standard InChI is InChI=1S/C27H37N3O3/c1-5-7-14-22(31)19-30(17-6-2)20-25-26(21-12-9-8-10-13-21)28-29(3)27(25)33-24-16-11-15-23(18-24)32-4/h8-13,15-16,18,22,31H,5-7,14,17,19-20H2,1-4H3/t22-/m1/s1. The van der Waals surface area contributed by atoms with Crippen molar-refractivity contribution in [2.45, 2.75) is 52.2 Å². The molecule has 0 radical (unpaired) electrons. The summed E-state index contributed by atoms with van der Waals surface area (Å²) in [6.45, 7) is 6.50. The Morgan fingerprint density at radius 1 is 1.03 bits per heavy atom. The van der Waals surface area contributed by atoms with Crippen LogP contribution in [0.3, 0.4) is 0 Å². The predicted molar refractivity (Wildman–Crippen MR) is 133 cm³/mol. The Labute approximate surface area is 197 Å². The number of hydrogen-bond acceptors (Lipinski definition) is 5. The fraction of sp³-hybridized carbons (Fsp3) is 0.444. The summed E-state index contributed by atoms with van der Waals surface area (Å²) in [4.78, 5) is 2.31. The summed E-state index contributed by atoms with van der Waals surface area (Å²) in [7, 11) is 3.56. The highest BCUT2D eigenvalue weighted by Gasteiger charge is 2.23. The van der Waals surface area contributed by atoms with Crippen LogP contribution in [0.2, 0.25) is 0 Å². The first kappa shape index (κ1) is 24.8. The molecule has 0 aliphatic carbocycles. The highest BCUT2D eigenvalue weighted by atomic mass is 16.5. The van der Waals surface area contributed by atoms with Gasteiger partial charge in [-0.3, -0.25) is 4.90 Å². The fourth-order valence-electron chi connectivity index (χ4n) is 4.03. The summed E-state index contributed by atoms with van der Waals surface area (Å²) in [5.74, 6) is 2.14. The van der Waals surface area contributed by atoms with Crippen molar-refractivity contribution < 1.29 is 14.6 Å². The van der Waals surface area contributed by atoms with Gasteiger partial charge in [0.2, 0.25) is 5.88 Å². The van der Waals surface area contributed by atoms with Crippen LogP contribution < -0.4 is 9.47 Å². The molecule has 6 heteroatoms. The summed E-state index contributed by atoms with van der Waals surface area (Å²) in [6, 6.07) is 17.8. The minimum absolute atomic E-state index is 0.337. The van der Waals surface area contributed by atoms with Gasteiger partial charge in [0, 0.05) is 31.8 Å². The molecule has 0 amide bonds. The van der Waals surface area contributed by atoms with Gasteiger partial charge < -0.3 is 14.6 Å². The molecule has 0 saturated heterocycles. The molecule has 6 nitrogen and oxygen atoms in total. The number of aliphatic hydroxyl groups excluding tert-OH is 1. The van der Waals surface area contributed by atoms with E-state index in [1.54, 1.807) is 11.8 Å². The lowest BCUT2D eigenvalue weighted by Crippen LogP contribution is -2.33. The highest BCUT2D eigenvalue weighted by molar-refractivity contribution is 5.65. The fourth-order valence-corrected chi connectivity index (χ4v) is 4.03. The Balaban J connectivity index is 1.96. The molecule has 0 spiro atoms. The van der Waals surface area contributed by atoms with E-state index >= 15 is 0 Å². The van der Waals surface area contributed by atoms with Crippen molar-refractivity contribution in [2.75, 3.05) is 20.2 Å². The van der Waals surface area contributed by atoms with Crippen molar-refractivity contribution >= 4 is 0 Å². The quantitative estimate of drug-likeness (QED) is 0.364. The molecule has 1 heterocycles. The summed E-state index contributed by atoms with van der Waals surface area (Å²) < 4.78 is 13.5. The van der Waals surface area contributed by atoms with Crippen molar-refractivity contribution in [3.63, 3.8) is 0 Å². The van der Waals surface area contributed by atoms with Crippen molar-refractivity contribution in [3.05, 3.63) is 60.2 Å². The number of benzene rings is 2. The SMILES string of the molecule is CCCC[C@@H](O)CN(CCC)Cc1c(-c2ccccc2)nn(C)c1Oc1cccc(OC)c1. The number of methoxy groups -OCH3 is 1. The van der Waals surface area contributed by atoms with Crippen LogP contribution in [0.4, 0.5) is 0 Å². The van der Waals surface area contributed by atoms with E-state index in [0.717, 1.165) is 54.8 Å². The molecule has 0 saturated carbocycles. The van der Waals surface area contributed by atoms with E-state index in [9.17, 15) is 5.11 Å². The van der Waals surface area contributed by atoms with Gasteiger partial charge in [-0.2, -0.15) is 5.10 Å². The summed E-state index contributed by atoms with van der Waals surface area (Å²) in [5, 5.41) is 15.4. The van der Waals surface area contributed by atoms with E-state index in [4.69, 9.17) is 14.6 Å². The second-order valence-electron chi connectivity index (χ2n) is 8.43. The van der Waals surface area contributed by atoms with Crippen LogP contribution in [0.25, 0.3) is 11.3 Å². The van der Waals surface area contributed by atoms with E-state index in [2.05, 4.69) is 30.9 Å². The van der Waals surface area contributed by atoms with Crippen LogP contribution in [0.5, 0.6) is 17.4 Å². The van der Waals surface area contributed by atoms with E-state index in [1.165, 1.54) is 0 Å². The first-order valence-corrected chi connectivity index (χ1v) is 11.9. The molecule has 1 N–H and O–H groups in total. The average molecular weight is 452 g/mol. The smallest absolute Gasteiger partial charge is 0.222 e. The third kappa shape index (κ3) is 6.83. The number of aryl methyl sites for hydroxylation is 1. The van der Waals surface area contributed by atoms with Crippen molar-refractivity contribution in [3.8, 4) is 28.6 Å². The number of rotatable bonds is 13. The molecule has 3 aromatic rings. The minimum Gasteiger partial charge on any atom is -0.497 e. The lowest BCUT2D eigenvalue weighted by atomic mass is 10.1. The van der Waals surface area contributed by atoms with Crippen molar-refractivity contribution in [1.82, 2.24) is 14.7 Å². The molecule has 1 aromatic heterocycles. The number of aromatic nitrogens is 2. The van der Waals surface area contributed by atoms with E-state index in [-0.39, 0.29) is 6.10 Å². The minimum atomic E-state index is -0.337. The highest BCUT2D eigenvalue weighted by Crippen LogP contribution is 2.35. The molecular formula is C27H37N3O3. The third-order valence-corrected chi connectivity index (χ3v) is 5.67. The second-order valence-corrected chi connectivity index (χ2v) is 8.43. The Bertz CT molecular complexity index is 988. The van der Waals surface area contributed by atoms with Gasteiger partial charge in [-0.25, -0.2) is 4.68 Å². The number of hydrogen-bond donors (Lipinski definition) is 1. The van der Waals surface area contributed by atoms with E-state index in [0.29, 0.717) is 24.7 Å². The molecule has 1 atom stereocenters. The molecular weight excluding hydrogens is 414 g/mol. The maximum Gasteiger partial charge on any atom is 0.222 e. The van der Waals surface area contributed by atoms with Crippen LogP contribution >= 0.6 is 0 Å². The first-order valence-electron chi connectivity index (χ1n) is 11.9. The zero-order valence-corrected chi connectivity index (χ0v) is 20.3. The third-order valence-electron chi connectivity index (χ3n) is 5.67. The van der Waals surface area contributed by atoms with E-state index in [1.807, 2.05) is 49.5 Å². The predicted octanol–water partition coefficient (Wildman–Crippen LogP) is 5.65. The molecule has 0 aliphatic rings.